The number of carbonyl (C=O) groups is 1. The molecule has 4 heteroatoms. The van der Waals surface area contributed by atoms with Crippen molar-refractivity contribution in [3.8, 4) is 0 Å². The van der Waals surface area contributed by atoms with Gasteiger partial charge in [-0.1, -0.05) is 6.07 Å². The summed E-state index contributed by atoms with van der Waals surface area (Å²) >= 11 is 0. The molecule has 0 bridgehead atoms. The first-order chi connectivity index (χ1) is 8.09. The molecule has 1 amide bonds. The van der Waals surface area contributed by atoms with Gasteiger partial charge in [-0.3, -0.25) is 4.79 Å². The number of halogens is 1. The van der Waals surface area contributed by atoms with Gasteiger partial charge in [-0.2, -0.15) is 0 Å². The van der Waals surface area contributed by atoms with Crippen molar-refractivity contribution >= 4 is 17.3 Å². The van der Waals surface area contributed by atoms with Gasteiger partial charge in [0, 0.05) is 19.0 Å². The van der Waals surface area contributed by atoms with Gasteiger partial charge in [0.2, 0.25) is 5.91 Å². The molecule has 0 radical (unpaired) electrons. The molecule has 0 aromatic heterocycles. The van der Waals surface area contributed by atoms with Crippen LogP contribution in [0.2, 0.25) is 0 Å². The highest BCUT2D eigenvalue weighted by molar-refractivity contribution is 5.95. The van der Waals surface area contributed by atoms with E-state index in [0.29, 0.717) is 12.1 Å². The van der Waals surface area contributed by atoms with Crippen molar-refractivity contribution in [2.24, 2.45) is 0 Å². The minimum atomic E-state index is -0.372. The summed E-state index contributed by atoms with van der Waals surface area (Å²) in [4.78, 5) is 13.7. The lowest BCUT2D eigenvalue weighted by atomic mass is 10.1. The molecule has 1 aliphatic heterocycles. The summed E-state index contributed by atoms with van der Waals surface area (Å²) in [6, 6.07) is 5.19. The first-order valence-electron chi connectivity index (χ1n) is 5.94. The predicted octanol–water partition coefficient (Wildman–Crippen LogP) is 2.77. The monoisotopic (exact) mass is 236 g/mol. The van der Waals surface area contributed by atoms with Gasteiger partial charge in [0.25, 0.3) is 0 Å². The van der Waals surface area contributed by atoms with Crippen LogP contribution in [0.3, 0.4) is 0 Å². The fourth-order valence-electron chi connectivity index (χ4n) is 2.14. The van der Waals surface area contributed by atoms with Crippen molar-refractivity contribution in [3.05, 3.63) is 24.0 Å². The molecule has 0 saturated carbocycles. The van der Waals surface area contributed by atoms with Crippen LogP contribution >= 0.6 is 0 Å². The largest absolute Gasteiger partial charge is 0.367 e. The van der Waals surface area contributed by atoms with Gasteiger partial charge >= 0.3 is 0 Å². The molecule has 3 nitrogen and oxygen atoms in total. The molecule has 0 spiro atoms. The standard InChI is InChI=1S/C13H17FN2O/c1-9(2)16-8-4-7-12(17)15-13-10(14)5-3-6-11(13)16/h3,5-6,9H,4,7-8H2,1-2H3,(H,15,17). The molecular weight excluding hydrogens is 219 g/mol. The van der Waals surface area contributed by atoms with E-state index < -0.39 is 0 Å². The normalized spacial score (nSPS) is 16.2. The zero-order chi connectivity index (χ0) is 12.4. The minimum absolute atomic E-state index is 0.111. The second-order valence-electron chi connectivity index (χ2n) is 4.57. The molecule has 0 atom stereocenters. The first kappa shape index (κ1) is 11.9. The van der Waals surface area contributed by atoms with Crippen LogP contribution in [0.25, 0.3) is 0 Å². The Hall–Kier alpha value is -1.58. The fourth-order valence-corrected chi connectivity index (χ4v) is 2.14. The van der Waals surface area contributed by atoms with E-state index in [1.54, 1.807) is 6.07 Å². The third-order valence-electron chi connectivity index (χ3n) is 2.99. The second-order valence-corrected chi connectivity index (χ2v) is 4.57. The summed E-state index contributed by atoms with van der Waals surface area (Å²) in [5.74, 6) is -0.483. The summed E-state index contributed by atoms with van der Waals surface area (Å²) in [6.45, 7) is 4.91. The van der Waals surface area contributed by atoms with Crippen LogP contribution in [-0.4, -0.2) is 18.5 Å². The molecule has 2 rings (SSSR count). The van der Waals surface area contributed by atoms with Crippen LogP contribution in [0.4, 0.5) is 15.8 Å². The lowest BCUT2D eigenvalue weighted by Crippen LogP contribution is -2.35. The number of fused-ring (bicyclic) bond motifs is 1. The highest BCUT2D eigenvalue weighted by Gasteiger charge is 2.21. The average molecular weight is 236 g/mol. The lowest BCUT2D eigenvalue weighted by molar-refractivity contribution is -0.116. The van der Waals surface area contributed by atoms with E-state index in [1.165, 1.54) is 6.07 Å². The van der Waals surface area contributed by atoms with Crippen LogP contribution in [0, 0.1) is 5.82 Å². The Bertz CT molecular complexity index is 431. The Morgan fingerprint density at radius 2 is 2.18 bits per heavy atom. The summed E-state index contributed by atoms with van der Waals surface area (Å²) < 4.78 is 13.8. The number of anilines is 2. The molecule has 0 fully saturated rings. The van der Waals surface area contributed by atoms with E-state index in [-0.39, 0.29) is 17.8 Å². The number of carbonyl (C=O) groups excluding carboxylic acids is 1. The maximum absolute atomic E-state index is 13.8. The fraction of sp³-hybridized carbons (Fsp3) is 0.462. The van der Waals surface area contributed by atoms with Crippen LogP contribution < -0.4 is 10.2 Å². The molecule has 1 heterocycles. The first-order valence-corrected chi connectivity index (χ1v) is 5.94. The summed E-state index contributed by atoms with van der Waals surface area (Å²) in [5, 5.41) is 2.66. The number of nitrogens with one attached hydrogen (secondary N) is 1. The number of hydrogen-bond acceptors (Lipinski definition) is 2. The Morgan fingerprint density at radius 3 is 2.88 bits per heavy atom. The van der Waals surface area contributed by atoms with Crippen molar-refractivity contribution in [1.82, 2.24) is 0 Å². The van der Waals surface area contributed by atoms with Crippen molar-refractivity contribution in [1.29, 1.82) is 0 Å². The number of benzene rings is 1. The van der Waals surface area contributed by atoms with Crippen LogP contribution in [0.1, 0.15) is 26.7 Å². The van der Waals surface area contributed by atoms with Gasteiger partial charge in [-0.15, -0.1) is 0 Å². The number of amides is 1. The lowest BCUT2D eigenvalue weighted by Gasteiger charge is -2.32. The minimum Gasteiger partial charge on any atom is -0.367 e. The molecule has 92 valence electrons. The molecule has 0 aliphatic carbocycles. The Morgan fingerprint density at radius 1 is 1.41 bits per heavy atom. The summed E-state index contributed by atoms with van der Waals surface area (Å²) in [5.41, 5.74) is 1.08. The van der Waals surface area contributed by atoms with E-state index in [0.717, 1.165) is 18.7 Å². The maximum atomic E-state index is 13.8. The Labute approximate surface area is 101 Å². The predicted molar refractivity (Wildman–Crippen MR) is 66.7 cm³/mol. The quantitative estimate of drug-likeness (QED) is 0.813. The third kappa shape index (κ3) is 2.40. The van der Waals surface area contributed by atoms with Gasteiger partial charge in [0.1, 0.15) is 11.5 Å². The smallest absolute Gasteiger partial charge is 0.224 e. The Balaban J connectivity index is 2.48. The second kappa shape index (κ2) is 4.73. The van der Waals surface area contributed by atoms with Gasteiger partial charge in [-0.25, -0.2) is 4.39 Å². The van der Waals surface area contributed by atoms with Crippen molar-refractivity contribution in [2.75, 3.05) is 16.8 Å². The van der Waals surface area contributed by atoms with Crippen molar-refractivity contribution < 1.29 is 9.18 Å². The van der Waals surface area contributed by atoms with E-state index >= 15 is 0 Å². The van der Waals surface area contributed by atoms with Gasteiger partial charge < -0.3 is 10.2 Å². The van der Waals surface area contributed by atoms with Crippen molar-refractivity contribution in [3.63, 3.8) is 0 Å². The molecule has 0 unspecified atom stereocenters. The van der Waals surface area contributed by atoms with E-state index in [9.17, 15) is 9.18 Å². The van der Waals surface area contributed by atoms with Crippen LogP contribution in [0.15, 0.2) is 18.2 Å². The van der Waals surface area contributed by atoms with Gasteiger partial charge in [0.15, 0.2) is 0 Å². The zero-order valence-corrected chi connectivity index (χ0v) is 10.2. The molecular formula is C13H17FN2O. The molecule has 1 N–H and O–H groups in total. The topological polar surface area (TPSA) is 32.3 Å². The van der Waals surface area contributed by atoms with Crippen LogP contribution in [0.5, 0.6) is 0 Å². The molecule has 0 saturated heterocycles. The number of rotatable bonds is 1. The molecule has 1 aromatic carbocycles. The number of hydrogen-bond donors (Lipinski definition) is 1. The SMILES string of the molecule is CC(C)N1CCCC(=O)Nc2c(F)cccc21. The van der Waals surface area contributed by atoms with Gasteiger partial charge in [0.05, 0.1) is 5.69 Å². The molecule has 17 heavy (non-hydrogen) atoms. The average Bonchev–Trinajstić information content (AvgIpc) is 2.24. The molecule has 1 aromatic rings. The number of para-hydroxylation sites is 1. The van der Waals surface area contributed by atoms with Gasteiger partial charge in [-0.05, 0) is 32.4 Å². The van der Waals surface area contributed by atoms with Crippen molar-refractivity contribution in [2.45, 2.75) is 32.7 Å². The van der Waals surface area contributed by atoms with Crippen LogP contribution in [-0.2, 0) is 4.79 Å². The zero-order valence-electron chi connectivity index (χ0n) is 10.2. The van der Waals surface area contributed by atoms with E-state index in [4.69, 9.17) is 0 Å². The highest BCUT2D eigenvalue weighted by Crippen LogP contribution is 2.31. The van der Waals surface area contributed by atoms with E-state index in [2.05, 4.69) is 24.1 Å². The Kier molecular flexibility index (Phi) is 3.31. The van der Waals surface area contributed by atoms with E-state index in [1.807, 2.05) is 6.07 Å². The summed E-state index contributed by atoms with van der Waals surface area (Å²) in [6.07, 6.45) is 1.23. The summed E-state index contributed by atoms with van der Waals surface area (Å²) in [7, 11) is 0. The highest BCUT2D eigenvalue weighted by atomic mass is 19.1. The maximum Gasteiger partial charge on any atom is 0.224 e. The third-order valence-corrected chi connectivity index (χ3v) is 2.99. The molecule has 1 aliphatic rings. The number of nitrogens with zero attached hydrogens (tertiary/aromatic N) is 1.